The molecule has 0 atom stereocenters. The molecule has 0 N–H and O–H groups in total. The maximum Gasteiger partial charge on any atom is 0.221 e. The Hall–Kier alpha value is -0.263. The van der Waals surface area contributed by atoms with E-state index in [2.05, 4.69) is 22.0 Å². The highest BCUT2D eigenvalue weighted by Crippen LogP contribution is 2.23. The van der Waals surface area contributed by atoms with Crippen molar-refractivity contribution in [1.29, 1.82) is 0 Å². The summed E-state index contributed by atoms with van der Waals surface area (Å²) in [6, 6.07) is 5.13. The predicted molar refractivity (Wildman–Crippen MR) is 70.9 cm³/mol. The van der Waals surface area contributed by atoms with Crippen LogP contribution in [0.2, 0.25) is 0 Å². The van der Waals surface area contributed by atoms with Crippen LogP contribution in [-0.2, 0) is 15.7 Å². The van der Waals surface area contributed by atoms with Crippen LogP contribution in [0.1, 0.15) is 25.0 Å². The average molecular weight is 271 g/mol. The van der Waals surface area contributed by atoms with Crippen LogP contribution >= 0.6 is 12.6 Å². The van der Waals surface area contributed by atoms with E-state index in [0.717, 1.165) is 17.5 Å². The molecule has 0 saturated heterocycles. The molecule has 3 radical (unpaired) electrons. The molecular weight excluding hydrogens is 256 g/mol. The molecular formula is C11H15O2S2Si. The molecule has 0 bridgehead atoms. The average Bonchev–Trinajstić information content (AvgIpc) is 2.04. The minimum Gasteiger partial charge on any atom is -0.232 e. The lowest BCUT2D eigenvalue weighted by molar-refractivity contribution is 0.609. The Morgan fingerprint density at radius 2 is 1.94 bits per heavy atom. The highest BCUT2D eigenvalue weighted by molar-refractivity contribution is 8.12. The van der Waals surface area contributed by atoms with Crippen LogP contribution in [0.3, 0.4) is 0 Å². The van der Waals surface area contributed by atoms with Gasteiger partial charge in [-0.25, -0.2) is 8.42 Å². The van der Waals surface area contributed by atoms with E-state index in [1.54, 1.807) is 12.1 Å². The van der Waals surface area contributed by atoms with Crippen molar-refractivity contribution in [3.8, 4) is 0 Å². The van der Waals surface area contributed by atoms with E-state index in [9.17, 15) is 8.42 Å². The number of thiol groups is 1. The Balaban J connectivity index is 3.20. The number of benzene rings is 1. The molecule has 0 amide bonds. The zero-order chi connectivity index (χ0) is 12.6. The monoisotopic (exact) mass is 271 g/mol. The number of hydrogen-bond donors (Lipinski definition) is 1. The molecule has 16 heavy (non-hydrogen) atoms. The molecule has 0 aliphatic heterocycles. The standard InChI is InChI=1S/C11H15O2S2Si/c1-8-4-5-10(15(12,13)16)6-9(8)7-11(2,3)14/h4-6,14H,7H2,1-3H3. The molecule has 0 aromatic heterocycles. The SMILES string of the molecule is Cc1ccc(S(=O)(=O)[Si])cc1CC(C)(C)S. The summed E-state index contributed by atoms with van der Waals surface area (Å²) < 4.78 is 22.6. The summed E-state index contributed by atoms with van der Waals surface area (Å²) in [6.45, 7) is 5.98. The number of rotatable bonds is 3. The van der Waals surface area contributed by atoms with Gasteiger partial charge in [0.1, 0.15) is 9.29 Å². The minimum atomic E-state index is -3.32. The molecule has 87 valence electrons. The lowest BCUT2D eigenvalue weighted by Gasteiger charge is -2.19. The molecule has 0 unspecified atom stereocenters. The highest BCUT2D eigenvalue weighted by Gasteiger charge is 2.16. The summed E-state index contributed by atoms with van der Waals surface area (Å²) in [5.74, 6) is 0. The lowest BCUT2D eigenvalue weighted by Crippen LogP contribution is -2.15. The smallest absolute Gasteiger partial charge is 0.221 e. The van der Waals surface area contributed by atoms with Crippen molar-refractivity contribution in [2.24, 2.45) is 0 Å². The number of aryl methyl sites for hydroxylation is 1. The van der Waals surface area contributed by atoms with Gasteiger partial charge in [-0.15, -0.1) is 0 Å². The summed E-state index contributed by atoms with van der Waals surface area (Å²) in [7, 11) is -0.585. The predicted octanol–water partition coefficient (Wildman–Crippen LogP) is 2.10. The molecule has 0 saturated carbocycles. The van der Waals surface area contributed by atoms with Crippen molar-refractivity contribution in [2.45, 2.75) is 36.8 Å². The minimum absolute atomic E-state index is 0.154. The fourth-order valence-corrected chi connectivity index (χ4v) is 2.57. The molecule has 0 spiro atoms. The van der Waals surface area contributed by atoms with Gasteiger partial charge in [-0.2, -0.15) is 12.6 Å². The first-order chi connectivity index (χ1) is 7.09. The third-order valence-corrected chi connectivity index (χ3v) is 3.99. The Morgan fingerprint density at radius 1 is 1.38 bits per heavy atom. The maximum absolute atomic E-state index is 11.4. The summed E-state index contributed by atoms with van der Waals surface area (Å²) >= 11 is 4.46. The van der Waals surface area contributed by atoms with E-state index in [1.807, 2.05) is 26.8 Å². The van der Waals surface area contributed by atoms with Crippen LogP contribution in [0.5, 0.6) is 0 Å². The first-order valence-corrected chi connectivity index (χ1v) is 8.07. The molecule has 0 heterocycles. The molecule has 0 fully saturated rings. The second kappa shape index (κ2) is 4.54. The Bertz CT molecular complexity index is 487. The van der Waals surface area contributed by atoms with Crippen molar-refractivity contribution >= 4 is 31.3 Å². The molecule has 0 aliphatic carbocycles. The first kappa shape index (κ1) is 13.8. The second-order valence-corrected chi connectivity index (χ2v) is 8.88. The topological polar surface area (TPSA) is 34.1 Å². The second-order valence-electron chi connectivity index (χ2n) is 4.58. The van der Waals surface area contributed by atoms with Crippen LogP contribution in [0.25, 0.3) is 0 Å². The maximum atomic E-state index is 11.4. The van der Waals surface area contributed by atoms with E-state index >= 15 is 0 Å². The van der Waals surface area contributed by atoms with E-state index in [0.29, 0.717) is 4.90 Å². The molecule has 1 aromatic carbocycles. The Labute approximate surface area is 106 Å². The Morgan fingerprint density at radius 3 is 2.38 bits per heavy atom. The van der Waals surface area contributed by atoms with Gasteiger partial charge in [0.15, 0.2) is 0 Å². The third-order valence-electron chi connectivity index (χ3n) is 2.25. The molecule has 1 rings (SSSR count). The van der Waals surface area contributed by atoms with Gasteiger partial charge in [0.2, 0.25) is 9.39 Å². The van der Waals surface area contributed by atoms with Crippen LogP contribution in [-0.4, -0.2) is 22.6 Å². The molecule has 2 nitrogen and oxygen atoms in total. The van der Waals surface area contributed by atoms with E-state index < -0.39 is 9.29 Å². The van der Waals surface area contributed by atoms with Crippen LogP contribution < -0.4 is 0 Å². The van der Waals surface area contributed by atoms with Gasteiger partial charge in [0.25, 0.3) is 0 Å². The molecule has 5 heteroatoms. The van der Waals surface area contributed by atoms with Crippen LogP contribution in [0.4, 0.5) is 0 Å². The van der Waals surface area contributed by atoms with Gasteiger partial charge >= 0.3 is 0 Å². The quantitative estimate of drug-likeness (QED) is 0.675. The van der Waals surface area contributed by atoms with Crippen molar-refractivity contribution < 1.29 is 8.42 Å². The fraction of sp³-hybridized carbons (Fsp3) is 0.455. The largest absolute Gasteiger partial charge is 0.232 e. The van der Waals surface area contributed by atoms with Gasteiger partial charge in [0, 0.05) is 4.75 Å². The van der Waals surface area contributed by atoms with Gasteiger partial charge in [0.05, 0.1) is 4.90 Å². The zero-order valence-electron chi connectivity index (χ0n) is 9.61. The highest BCUT2D eigenvalue weighted by atomic mass is 32.4. The normalized spacial score (nSPS) is 12.8. The lowest BCUT2D eigenvalue weighted by atomic mass is 9.98. The van der Waals surface area contributed by atoms with Crippen LogP contribution in [0.15, 0.2) is 23.1 Å². The van der Waals surface area contributed by atoms with E-state index in [4.69, 9.17) is 0 Å². The number of hydrogen-bond acceptors (Lipinski definition) is 3. The third kappa shape index (κ3) is 3.96. The first-order valence-electron chi connectivity index (χ1n) is 4.91. The Kier molecular flexibility index (Phi) is 3.92. The summed E-state index contributed by atoms with van der Waals surface area (Å²) in [4.78, 5) is 0.294. The fourth-order valence-electron chi connectivity index (χ4n) is 1.47. The summed E-state index contributed by atoms with van der Waals surface area (Å²) in [6.07, 6.45) is 0.734. The van der Waals surface area contributed by atoms with Gasteiger partial charge in [-0.3, -0.25) is 0 Å². The van der Waals surface area contributed by atoms with E-state index in [1.165, 1.54) is 0 Å². The van der Waals surface area contributed by atoms with Gasteiger partial charge in [-0.05, 0) is 36.6 Å². The van der Waals surface area contributed by atoms with E-state index in [-0.39, 0.29) is 4.75 Å². The van der Waals surface area contributed by atoms with Crippen LogP contribution in [0, 0.1) is 6.92 Å². The van der Waals surface area contributed by atoms with Crippen molar-refractivity contribution in [3.05, 3.63) is 29.3 Å². The van der Waals surface area contributed by atoms with Gasteiger partial charge < -0.3 is 0 Å². The zero-order valence-corrected chi connectivity index (χ0v) is 12.3. The molecule has 0 aliphatic rings. The molecule has 1 aromatic rings. The van der Waals surface area contributed by atoms with Crippen molar-refractivity contribution in [2.75, 3.05) is 0 Å². The van der Waals surface area contributed by atoms with Crippen molar-refractivity contribution in [1.82, 2.24) is 0 Å². The van der Waals surface area contributed by atoms with Gasteiger partial charge in [-0.1, -0.05) is 19.9 Å². The summed E-state index contributed by atoms with van der Waals surface area (Å²) in [5, 5.41) is 0. The van der Waals surface area contributed by atoms with Crippen molar-refractivity contribution in [3.63, 3.8) is 0 Å². The summed E-state index contributed by atoms with van der Waals surface area (Å²) in [5.41, 5.74) is 2.10.